The number of carbonyl (C=O) groups is 2. The van der Waals surface area contributed by atoms with Crippen LogP contribution in [-0.4, -0.2) is 50.2 Å². The molecule has 0 spiro atoms. The second kappa shape index (κ2) is 10.8. The first kappa shape index (κ1) is 26.7. The number of pyridine rings is 1. The third kappa shape index (κ3) is 5.69. The van der Waals surface area contributed by atoms with Gasteiger partial charge in [-0.25, -0.2) is 9.37 Å². The van der Waals surface area contributed by atoms with E-state index < -0.39 is 17.2 Å². The molecular formula is C23H23Cl3FN5O3. The number of amides is 1. The lowest BCUT2D eigenvalue weighted by Crippen LogP contribution is -2.47. The molecule has 0 radical (unpaired) electrons. The van der Waals surface area contributed by atoms with Gasteiger partial charge in [-0.1, -0.05) is 29.3 Å². The summed E-state index contributed by atoms with van der Waals surface area (Å²) >= 11 is 12.2. The maximum Gasteiger partial charge on any atom is 0.310 e. The predicted octanol–water partition coefficient (Wildman–Crippen LogP) is 5.27. The molecule has 2 aromatic heterocycles. The van der Waals surface area contributed by atoms with E-state index in [1.807, 2.05) is 6.92 Å². The first-order chi connectivity index (χ1) is 16.2. The summed E-state index contributed by atoms with van der Waals surface area (Å²) in [7, 11) is 0. The van der Waals surface area contributed by atoms with Crippen LogP contribution in [0.15, 0.2) is 36.4 Å². The number of hydrogen-bond donors (Lipinski definition) is 3. The van der Waals surface area contributed by atoms with Crippen LogP contribution in [0.5, 0.6) is 0 Å². The van der Waals surface area contributed by atoms with Crippen molar-refractivity contribution in [1.82, 2.24) is 20.1 Å². The van der Waals surface area contributed by atoms with Gasteiger partial charge in [0.25, 0.3) is 5.91 Å². The maximum atomic E-state index is 14.3. The van der Waals surface area contributed by atoms with Crippen molar-refractivity contribution in [3.63, 3.8) is 0 Å². The quantitative estimate of drug-likeness (QED) is 0.391. The van der Waals surface area contributed by atoms with Crippen LogP contribution in [0.4, 0.5) is 16.0 Å². The minimum absolute atomic E-state index is 0. The average molecular weight is 543 g/mol. The van der Waals surface area contributed by atoms with Gasteiger partial charge in [0.05, 0.1) is 21.0 Å². The van der Waals surface area contributed by atoms with Crippen molar-refractivity contribution >= 4 is 59.1 Å². The number of aromatic nitrogens is 3. The summed E-state index contributed by atoms with van der Waals surface area (Å²) in [4.78, 5) is 31.1. The first-order valence-corrected chi connectivity index (χ1v) is 11.4. The number of aromatic amines is 1. The van der Waals surface area contributed by atoms with Gasteiger partial charge in [-0.05, 0) is 44.0 Å². The van der Waals surface area contributed by atoms with Crippen LogP contribution in [0.25, 0.3) is 0 Å². The Morgan fingerprint density at radius 3 is 2.57 bits per heavy atom. The fourth-order valence-electron chi connectivity index (χ4n) is 4.06. The molecule has 3 heterocycles. The lowest BCUT2D eigenvalue weighted by molar-refractivity contribution is -0.151. The number of hydrogen-bond acceptors (Lipinski definition) is 5. The third-order valence-corrected chi connectivity index (χ3v) is 6.84. The van der Waals surface area contributed by atoms with Crippen molar-refractivity contribution in [3.8, 4) is 0 Å². The molecule has 0 unspecified atom stereocenters. The molecule has 0 saturated carbocycles. The molecule has 1 amide bonds. The van der Waals surface area contributed by atoms with Crippen LogP contribution >= 0.6 is 35.6 Å². The first-order valence-electron chi connectivity index (χ1n) is 10.6. The normalized spacial score (nSPS) is 14.8. The lowest BCUT2D eigenvalue weighted by Gasteiger charge is -2.39. The number of piperidine rings is 1. The van der Waals surface area contributed by atoms with Crippen LogP contribution < -0.4 is 5.32 Å². The molecule has 0 atom stereocenters. The van der Waals surface area contributed by atoms with Crippen molar-refractivity contribution in [3.05, 3.63) is 69.2 Å². The van der Waals surface area contributed by atoms with Gasteiger partial charge < -0.3 is 15.3 Å². The Balaban J connectivity index is 0.00000342. The predicted molar refractivity (Wildman–Crippen MR) is 133 cm³/mol. The molecule has 4 rings (SSSR count). The monoisotopic (exact) mass is 541 g/mol. The van der Waals surface area contributed by atoms with Crippen LogP contribution in [0.1, 0.15) is 34.6 Å². The van der Waals surface area contributed by atoms with Crippen LogP contribution in [0.3, 0.4) is 0 Å². The van der Waals surface area contributed by atoms with E-state index in [1.54, 1.807) is 29.2 Å². The van der Waals surface area contributed by atoms with E-state index in [-0.39, 0.29) is 72.1 Å². The highest BCUT2D eigenvalue weighted by atomic mass is 35.5. The molecule has 35 heavy (non-hydrogen) atoms. The Morgan fingerprint density at radius 2 is 1.94 bits per heavy atom. The number of carboxylic acid groups (broad SMARTS) is 1. The number of nitrogens with one attached hydrogen (secondary N) is 2. The molecule has 1 saturated heterocycles. The zero-order valence-corrected chi connectivity index (χ0v) is 21.0. The van der Waals surface area contributed by atoms with Crippen molar-refractivity contribution in [2.45, 2.75) is 26.2 Å². The lowest BCUT2D eigenvalue weighted by atomic mass is 9.74. The van der Waals surface area contributed by atoms with Gasteiger partial charge in [-0.15, -0.1) is 12.4 Å². The zero-order valence-electron chi connectivity index (χ0n) is 18.6. The molecule has 1 aliphatic rings. The van der Waals surface area contributed by atoms with E-state index in [9.17, 15) is 19.1 Å². The number of carboxylic acids is 1. The summed E-state index contributed by atoms with van der Waals surface area (Å²) in [6.45, 7) is 2.27. The number of aliphatic carboxylic acids is 1. The largest absolute Gasteiger partial charge is 0.481 e. The molecule has 12 heteroatoms. The molecule has 1 aromatic carbocycles. The summed E-state index contributed by atoms with van der Waals surface area (Å²) in [6, 6.07) is 9.25. The molecule has 186 valence electrons. The fourth-order valence-corrected chi connectivity index (χ4v) is 4.44. The van der Waals surface area contributed by atoms with Gasteiger partial charge in [0.2, 0.25) is 0 Å². The minimum Gasteiger partial charge on any atom is -0.481 e. The highest BCUT2D eigenvalue weighted by Gasteiger charge is 2.43. The molecular weight excluding hydrogens is 520 g/mol. The number of carbonyl (C=O) groups excluding carboxylic acids is 1. The highest BCUT2D eigenvalue weighted by molar-refractivity contribution is 6.43. The summed E-state index contributed by atoms with van der Waals surface area (Å²) in [5, 5.41) is 20.1. The molecule has 0 bridgehead atoms. The minimum atomic E-state index is -1.14. The van der Waals surface area contributed by atoms with E-state index in [2.05, 4.69) is 20.5 Å². The Morgan fingerprint density at radius 1 is 1.23 bits per heavy atom. The Hall–Kier alpha value is -2.88. The number of nitrogens with zero attached hydrogens (tertiary/aromatic N) is 3. The standard InChI is InChI=1S/C23H22Cl2FN5O3.ClH/c1-13-11-18(30-29-13)28-20-17(26)6-5-14(27-20)12-23(22(33)34)7-9-31(10-8-23)21(32)15-3-2-4-16(24)19(15)25;/h2-6,11H,7-10,12H2,1H3,(H,33,34)(H2,27,28,29,30);1H. The number of halogens is 4. The SMILES string of the molecule is Cc1cc(Nc2nc(CC3(C(=O)O)CCN(C(=O)c4cccc(Cl)c4Cl)CC3)ccc2F)n[nH]1.Cl. The molecule has 1 aliphatic heterocycles. The Labute approximate surface area is 217 Å². The van der Waals surface area contributed by atoms with E-state index in [1.165, 1.54) is 12.1 Å². The maximum absolute atomic E-state index is 14.3. The zero-order chi connectivity index (χ0) is 24.5. The number of rotatable bonds is 6. The van der Waals surface area contributed by atoms with E-state index >= 15 is 0 Å². The third-order valence-electron chi connectivity index (χ3n) is 6.02. The summed E-state index contributed by atoms with van der Waals surface area (Å²) in [5.41, 5.74) is 0.363. The van der Waals surface area contributed by atoms with Crippen molar-refractivity contribution in [1.29, 1.82) is 0 Å². The van der Waals surface area contributed by atoms with Crippen molar-refractivity contribution < 1.29 is 19.1 Å². The van der Waals surface area contributed by atoms with Gasteiger partial charge >= 0.3 is 5.97 Å². The Bertz CT molecular complexity index is 1240. The summed E-state index contributed by atoms with van der Waals surface area (Å²) in [6.07, 6.45) is 0.524. The Kier molecular flexibility index (Phi) is 8.25. The molecule has 1 fully saturated rings. The molecule has 3 N–H and O–H groups in total. The van der Waals surface area contributed by atoms with Crippen LogP contribution in [0.2, 0.25) is 10.0 Å². The molecule has 0 aliphatic carbocycles. The van der Waals surface area contributed by atoms with E-state index in [0.717, 1.165) is 5.69 Å². The summed E-state index contributed by atoms with van der Waals surface area (Å²) < 4.78 is 14.3. The fraction of sp³-hybridized carbons (Fsp3) is 0.304. The van der Waals surface area contributed by atoms with Gasteiger partial charge in [-0.2, -0.15) is 5.10 Å². The topological polar surface area (TPSA) is 111 Å². The van der Waals surface area contributed by atoms with Crippen LogP contribution in [0, 0.1) is 18.2 Å². The molecule has 3 aromatic rings. The van der Waals surface area contributed by atoms with E-state index in [4.69, 9.17) is 23.2 Å². The number of anilines is 2. The second-order valence-corrected chi connectivity index (χ2v) is 9.14. The van der Waals surface area contributed by atoms with Gasteiger partial charge in [0, 0.05) is 37.0 Å². The number of benzene rings is 1. The van der Waals surface area contributed by atoms with Crippen molar-refractivity contribution in [2.75, 3.05) is 18.4 Å². The van der Waals surface area contributed by atoms with Gasteiger partial charge in [0.15, 0.2) is 17.5 Å². The number of likely N-dealkylation sites (tertiary alicyclic amines) is 1. The summed E-state index contributed by atoms with van der Waals surface area (Å²) in [5.74, 6) is -1.49. The smallest absolute Gasteiger partial charge is 0.310 e. The molecule has 8 nitrogen and oxygen atoms in total. The van der Waals surface area contributed by atoms with Crippen LogP contribution in [-0.2, 0) is 11.2 Å². The van der Waals surface area contributed by atoms with Gasteiger partial charge in [-0.3, -0.25) is 14.7 Å². The highest BCUT2D eigenvalue weighted by Crippen LogP contribution is 2.37. The van der Waals surface area contributed by atoms with Crippen molar-refractivity contribution in [2.24, 2.45) is 5.41 Å². The average Bonchev–Trinajstić information content (AvgIpc) is 3.22. The van der Waals surface area contributed by atoms with E-state index in [0.29, 0.717) is 11.5 Å². The van der Waals surface area contributed by atoms with Gasteiger partial charge in [0.1, 0.15) is 0 Å². The number of H-pyrrole nitrogens is 1. The second-order valence-electron chi connectivity index (χ2n) is 8.35. The number of aryl methyl sites for hydroxylation is 1.